The second-order valence-electron chi connectivity index (χ2n) is 5.75. The van der Waals surface area contributed by atoms with E-state index in [9.17, 15) is 15.3 Å². The second kappa shape index (κ2) is 8.03. The van der Waals surface area contributed by atoms with Gasteiger partial charge < -0.3 is 15.5 Å². The summed E-state index contributed by atoms with van der Waals surface area (Å²) in [5.41, 5.74) is 6.81. The third-order valence-electron chi connectivity index (χ3n) is 3.94. The number of aromatic amines is 1. The average molecular weight is 336 g/mol. The number of nitrogens with zero attached hydrogens (tertiary/aromatic N) is 2. The van der Waals surface area contributed by atoms with Gasteiger partial charge in [0.2, 0.25) is 0 Å². The summed E-state index contributed by atoms with van der Waals surface area (Å²) in [5, 5.41) is 18.7. The van der Waals surface area contributed by atoms with Crippen LogP contribution >= 0.6 is 0 Å². The molecule has 0 fully saturated rings. The lowest BCUT2D eigenvalue weighted by Crippen LogP contribution is -2.16. The molecule has 0 amide bonds. The highest BCUT2D eigenvalue weighted by atomic mass is 16.5. The van der Waals surface area contributed by atoms with Gasteiger partial charge in [0.1, 0.15) is 34.8 Å². The molecule has 0 saturated carbocycles. The number of hydrogen-bond acceptors (Lipinski definition) is 5. The van der Waals surface area contributed by atoms with E-state index < -0.39 is 5.56 Å². The summed E-state index contributed by atoms with van der Waals surface area (Å²) in [4.78, 5) is 14.3. The van der Waals surface area contributed by atoms with E-state index in [-0.39, 0.29) is 22.5 Å². The molecule has 0 aliphatic carbocycles. The molecule has 6 nitrogen and oxygen atoms in total. The van der Waals surface area contributed by atoms with E-state index in [2.05, 4.69) is 11.9 Å². The fourth-order valence-electron chi connectivity index (χ4n) is 2.63. The highest BCUT2D eigenvalue weighted by molar-refractivity contribution is 5.80. The van der Waals surface area contributed by atoms with Crippen LogP contribution in [0.15, 0.2) is 23.0 Å². The Bertz CT molecular complexity index is 917. The lowest BCUT2D eigenvalue weighted by molar-refractivity contribution is 0.304. The Morgan fingerprint density at radius 3 is 2.52 bits per heavy atom. The molecule has 6 heteroatoms. The highest BCUT2D eigenvalue weighted by Crippen LogP contribution is 2.31. The van der Waals surface area contributed by atoms with Crippen LogP contribution in [-0.4, -0.2) is 11.6 Å². The van der Waals surface area contributed by atoms with Crippen molar-refractivity contribution in [2.75, 3.05) is 12.3 Å². The van der Waals surface area contributed by atoms with E-state index in [0.29, 0.717) is 12.2 Å². The summed E-state index contributed by atoms with van der Waals surface area (Å²) < 4.78 is 5.77. The molecule has 0 unspecified atom stereocenters. The quantitative estimate of drug-likeness (QED) is 0.786. The van der Waals surface area contributed by atoms with Gasteiger partial charge in [-0.05, 0) is 36.6 Å². The Morgan fingerprint density at radius 1 is 1.20 bits per heavy atom. The molecule has 1 aromatic carbocycles. The Hall–Kier alpha value is -3.25. The van der Waals surface area contributed by atoms with Crippen molar-refractivity contribution in [1.82, 2.24) is 4.98 Å². The first kappa shape index (κ1) is 18.1. The van der Waals surface area contributed by atoms with Crippen molar-refractivity contribution in [3.63, 3.8) is 0 Å². The topological polar surface area (TPSA) is 116 Å². The van der Waals surface area contributed by atoms with Crippen molar-refractivity contribution in [3.8, 4) is 29.0 Å². The Kier molecular flexibility index (Phi) is 5.81. The molecule has 1 heterocycles. The molecule has 0 bridgehead atoms. The van der Waals surface area contributed by atoms with Gasteiger partial charge in [-0.15, -0.1) is 0 Å². The van der Waals surface area contributed by atoms with Crippen molar-refractivity contribution in [2.45, 2.75) is 33.1 Å². The zero-order valence-electron chi connectivity index (χ0n) is 14.3. The van der Waals surface area contributed by atoms with Crippen LogP contribution in [0.2, 0.25) is 0 Å². The number of unbranched alkanes of at least 4 members (excludes halogenated alkanes) is 2. The summed E-state index contributed by atoms with van der Waals surface area (Å²) in [7, 11) is 0. The van der Waals surface area contributed by atoms with E-state index in [1.807, 2.05) is 19.1 Å². The molecular formula is C19H20N4O2. The number of nitriles is 2. The van der Waals surface area contributed by atoms with Gasteiger partial charge in [0.05, 0.1) is 6.61 Å². The predicted molar refractivity (Wildman–Crippen MR) is 96.1 cm³/mol. The first-order chi connectivity index (χ1) is 12.0. The van der Waals surface area contributed by atoms with Crippen molar-refractivity contribution >= 4 is 5.82 Å². The van der Waals surface area contributed by atoms with Gasteiger partial charge in [-0.3, -0.25) is 4.79 Å². The molecule has 0 atom stereocenters. The predicted octanol–water partition coefficient (Wildman–Crippen LogP) is 3.24. The zero-order chi connectivity index (χ0) is 18.4. The van der Waals surface area contributed by atoms with Gasteiger partial charge in [0.15, 0.2) is 0 Å². The standard InChI is InChI=1S/C19H20N4O2/c1-3-4-5-8-25-16-7-6-13(9-12(16)2)17-14(10-20)18(22)23-19(24)15(17)11-21/h6-7,9H,3-5,8H2,1-2H3,(H3,22,23,24). The van der Waals surface area contributed by atoms with Crippen LogP contribution in [0.3, 0.4) is 0 Å². The molecule has 3 N–H and O–H groups in total. The largest absolute Gasteiger partial charge is 0.493 e. The molecule has 1 aromatic heterocycles. The molecule has 0 radical (unpaired) electrons. The molecule has 0 aliphatic heterocycles. The number of aryl methyl sites for hydroxylation is 1. The number of nitrogen functional groups attached to an aromatic ring is 1. The fourth-order valence-corrected chi connectivity index (χ4v) is 2.63. The number of H-pyrrole nitrogens is 1. The minimum Gasteiger partial charge on any atom is -0.493 e. The smallest absolute Gasteiger partial charge is 0.268 e. The van der Waals surface area contributed by atoms with Crippen molar-refractivity contribution < 1.29 is 4.74 Å². The van der Waals surface area contributed by atoms with Crippen LogP contribution in [0.4, 0.5) is 5.82 Å². The maximum Gasteiger partial charge on any atom is 0.268 e. The maximum absolute atomic E-state index is 12.0. The van der Waals surface area contributed by atoms with Crippen LogP contribution in [0.1, 0.15) is 42.9 Å². The van der Waals surface area contributed by atoms with Crippen LogP contribution in [0, 0.1) is 29.6 Å². The van der Waals surface area contributed by atoms with Gasteiger partial charge in [0, 0.05) is 5.56 Å². The van der Waals surface area contributed by atoms with Gasteiger partial charge in [0.25, 0.3) is 5.56 Å². The molecule has 128 valence electrons. The third kappa shape index (κ3) is 3.81. The van der Waals surface area contributed by atoms with Crippen LogP contribution in [-0.2, 0) is 0 Å². The van der Waals surface area contributed by atoms with Crippen LogP contribution in [0.5, 0.6) is 5.75 Å². The van der Waals surface area contributed by atoms with Gasteiger partial charge in [-0.1, -0.05) is 25.8 Å². The normalized spacial score (nSPS) is 10.1. The molecule has 25 heavy (non-hydrogen) atoms. The monoisotopic (exact) mass is 336 g/mol. The molecule has 2 rings (SSSR count). The fraction of sp³-hybridized carbons (Fsp3) is 0.316. The molecule has 0 spiro atoms. The Morgan fingerprint density at radius 2 is 1.92 bits per heavy atom. The SMILES string of the molecule is CCCCCOc1ccc(-c2c(C#N)c(N)[nH]c(=O)c2C#N)cc1C. The van der Waals surface area contributed by atoms with E-state index in [0.717, 1.165) is 30.6 Å². The number of benzene rings is 1. The third-order valence-corrected chi connectivity index (χ3v) is 3.94. The van der Waals surface area contributed by atoms with Crippen molar-refractivity contribution in [1.29, 1.82) is 10.5 Å². The summed E-state index contributed by atoms with van der Waals surface area (Å²) in [5.74, 6) is 0.703. The molecule has 0 saturated heterocycles. The maximum atomic E-state index is 12.0. The number of hydrogen-bond donors (Lipinski definition) is 2. The minimum absolute atomic E-state index is 0.0426. The second-order valence-corrected chi connectivity index (χ2v) is 5.75. The van der Waals surface area contributed by atoms with E-state index >= 15 is 0 Å². The number of aromatic nitrogens is 1. The Balaban J connectivity index is 2.47. The summed E-state index contributed by atoms with van der Waals surface area (Å²) >= 11 is 0. The van der Waals surface area contributed by atoms with E-state index in [4.69, 9.17) is 10.5 Å². The Labute approximate surface area is 146 Å². The average Bonchev–Trinajstić information content (AvgIpc) is 2.59. The number of anilines is 1. The number of rotatable bonds is 6. The van der Waals surface area contributed by atoms with Crippen molar-refractivity contribution in [2.24, 2.45) is 0 Å². The zero-order valence-corrected chi connectivity index (χ0v) is 14.3. The van der Waals surface area contributed by atoms with Gasteiger partial charge in [-0.25, -0.2) is 0 Å². The first-order valence-electron chi connectivity index (χ1n) is 8.13. The lowest BCUT2D eigenvalue weighted by atomic mass is 9.95. The van der Waals surface area contributed by atoms with Crippen LogP contribution < -0.4 is 16.0 Å². The number of pyridine rings is 1. The van der Waals surface area contributed by atoms with E-state index in [1.165, 1.54) is 0 Å². The first-order valence-corrected chi connectivity index (χ1v) is 8.13. The number of ether oxygens (including phenoxy) is 1. The molecular weight excluding hydrogens is 316 g/mol. The summed E-state index contributed by atoms with van der Waals surface area (Å²) in [6, 6.07) is 9.15. The lowest BCUT2D eigenvalue weighted by Gasteiger charge is -2.13. The van der Waals surface area contributed by atoms with Crippen LogP contribution in [0.25, 0.3) is 11.1 Å². The molecule has 0 aliphatic rings. The van der Waals surface area contributed by atoms with Gasteiger partial charge >= 0.3 is 0 Å². The van der Waals surface area contributed by atoms with Gasteiger partial charge in [-0.2, -0.15) is 10.5 Å². The summed E-state index contributed by atoms with van der Waals surface area (Å²) in [6.07, 6.45) is 3.22. The number of nitrogens with one attached hydrogen (secondary N) is 1. The van der Waals surface area contributed by atoms with E-state index in [1.54, 1.807) is 18.2 Å². The number of nitrogens with two attached hydrogens (primary N) is 1. The highest BCUT2D eigenvalue weighted by Gasteiger charge is 2.18. The summed E-state index contributed by atoms with van der Waals surface area (Å²) in [6.45, 7) is 4.65. The minimum atomic E-state index is -0.605. The van der Waals surface area contributed by atoms with Crippen molar-refractivity contribution in [3.05, 3.63) is 45.2 Å². The molecule has 2 aromatic rings.